The van der Waals surface area contributed by atoms with Crippen LogP contribution in [-0.4, -0.2) is 26.6 Å². The van der Waals surface area contributed by atoms with Gasteiger partial charge in [-0.15, -0.1) is 0 Å². The smallest absolute Gasteiger partial charge is 0.244 e. The molecular weight excluding hydrogens is 432 g/mol. The molecule has 3 rings (SSSR count). The summed E-state index contributed by atoms with van der Waals surface area (Å²) < 4.78 is 26.3. The number of nitrogens with one attached hydrogen (secondary N) is 1. The number of hydrogen-bond donors (Lipinski definition) is 1. The second kappa shape index (κ2) is 9.61. The van der Waals surface area contributed by atoms with E-state index in [1.54, 1.807) is 25.1 Å². The molecule has 2 aromatic carbocycles. The number of amides is 1. The van der Waals surface area contributed by atoms with E-state index in [0.717, 1.165) is 34.5 Å². The molecule has 0 saturated heterocycles. The number of fused-ring (bicyclic) bond motifs is 1. The minimum absolute atomic E-state index is 0.176. The van der Waals surface area contributed by atoms with Gasteiger partial charge in [0.1, 0.15) is 6.04 Å². The highest BCUT2D eigenvalue weighted by molar-refractivity contribution is 7.92. The van der Waals surface area contributed by atoms with Crippen molar-refractivity contribution in [2.75, 3.05) is 10.6 Å². The predicted molar refractivity (Wildman–Crippen MR) is 127 cm³/mol. The highest BCUT2D eigenvalue weighted by Crippen LogP contribution is 2.28. The molecule has 0 aromatic heterocycles. The predicted octanol–water partition coefficient (Wildman–Crippen LogP) is 4.95. The molecule has 0 heterocycles. The minimum atomic E-state index is -3.70. The molecule has 0 bridgehead atoms. The maximum absolute atomic E-state index is 13.1. The number of anilines is 1. The molecular formula is C24H31ClN2O3S. The van der Waals surface area contributed by atoms with Crippen LogP contribution >= 0.6 is 11.6 Å². The molecule has 0 fully saturated rings. The number of sulfonamides is 1. The zero-order valence-electron chi connectivity index (χ0n) is 18.6. The summed E-state index contributed by atoms with van der Waals surface area (Å²) in [7, 11) is -3.70. The highest BCUT2D eigenvalue weighted by atomic mass is 35.5. The molecule has 1 aliphatic rings. The summed E-state index contributed by atoms with van der Waals surface area (Å²) in [6.45, 7) is 5.46. The van der Waals surface area contributed by atoms with Crippen molar-refractivity contribution in [1.82, 2.24) is 5.32 Å². The SMILES string of the molecule is CC[C@H](NC(=O)[C@@H](C)N(c1ccc(C)c(Cl)c1)S(C)(=O)=O)c1ccc2c(c1)CCCC2. The van der Waals surface area contributed by atoms with Gasteiger partial charge in [-0.05, 0) is 80.3 Å². The number of nitrogens with zero attached hydrogens (tertiary/aromatic N) is 1. The average molecular weight is 463 g/mol. The van der Waals surface area contributed by atoms with E-state index in [9.17, 15) is 13.2 Å². The largest absolute Gasteiger partial charge is 0.347 e. The van der Waals surface area contributed by atoms with Gasteiger partial charge in [-0.25, -0.2) is 8.42 Å². The van der Waals surface area contributed by atoms with Crippen molar-refractivity contribution in [1.29, 1.82) is 0 Å². The zero-order chi connectivity index (χ0) is 22.8. The van der Waals surface area contributed by atoms with Crippen LogP contribution in [0.25, 0.3) is 0 Å². The van der Waals surface area contributed by atoms with Gasteiger partial charge in [-0.2, -0.15) is 0 Å². The Balaban J connectivity index is 1.84. The lowest BCUT2D eigenvalue weighted by Gasteiger charge is -2.30. The van der Waals surface area contributed by atoms with E-state index in [-0.39, 0.29) is 11.9 Å². The van der Waals surface area contributed by atoms with Crippen LogP contribution in [0.3, 0.4) is 0 Å². The molecule has 168 valence electrons. The van der Waals surface area contributed by atoms with E-state index >= 15 is 0 Å². The summed E-state index contributed by atoms with van der Waals surface area (Å²) in [6.07, 6.45) is 6.41. The molecule has 1 aliphatic carbocycles. The van der Waals surface area contributed by atoms with Crippen LogP contribution < -0.4 is 9.62 Å². The van der Waals surface area contributed by atoms with E-state index in [1.165, 1.54) is 24.0 Å². The van der Waals surface area contributed by atoms with Crippen molar-refractivity contribution in [2.45, 2.75) is 65.0 Å². The summed E-state index contributed by atoms with van der Waals surface area (Å²) in [5, 5.41) is 3.52. The first-order chi connectivity index (χ1) is 14.6. The number of halogens is 1. The lowest BCUT2D eigenvalue weighted by molar-refractivity contribution is -0.122. The number of carbonyl (C=O) groups excluding carboxylic acids is 1. The summed E-state index contributed by atoms with van der Waals surface area (Å²) in [4.78, 5) is 13.1. The molecule has 0 unspecified atom stereocenters. The third-order valence-electron chi connectivity index (χ3n) is 6.00. The van der Waals surface area contributed by atoms with Gasteiger partial charge < -0.3 is 5.32 Å². The van der Waals surface area contributed by atoms with E-state index in [0.29, 0.717) is 17.1 Å². The van der Waals surface area contributed by atoms with E-state index in [2.05, 4.69) is 23.5 Å². The topological polar surface area (TPSA) is 66.5 Å². The third-order valence-corrected chi connectivity index (χ3v) is 7.65. The highest BCUT2D eigenvalue weighted by Gasteiger charge is 2.30. The lowest BCUT2D eigenvalue weighted by Crippen LogP contribution is -2.48. The maximum atomic E-state index is 13.1. The fraction of sp³-hybridized carbons (Fsp3) is 0.458. The molecule has 2 atom stereocenters. The zero-order valence-corrected chi connectivity index (χ0v) is 20.2. The fourth-order valence-electron chi connectivity index (χ4n) is 4.21. The van der Waals surface area contributed by atoms with Gasteiger partial charge in [0.15, 0.2) is 0 Å². The standard InChI is InChI=1S/C24H31ClN2O3S/c1-5-23(20-12-11-18-8-6-7-9-19(18)14-20)26-24(28)17(3)27(31(4,29)30)21-13-10-16(2)22(25)15-21/h10-15,17,23H,5-9H2,1-4H3,(H,26,28)/t17-,23+/m1/s1. The van der Waals surface area contributed by atoms with Crippen LogP contribution in [-0.2, 0) is 27.7 Å². The quantitative estimate of drug-likeness (QED) is 0.633. The Hall–Kier alpha value is -2.05. The van der Waals surface area contributed by atoms with Crippen LogP contribution in [0.1, 0.15) is 61.4 Å². The first kappa shape index (κ1) is 23.6. The summed E-state index contributed by atoms with van der Waals surface area (Å²) in [6, 6.07) is 10.4. The summed E-state index contributed by atoms with van der Waals surface area (Å²) in [5.41, 5.74) is 5.03. The Kier molecular flexibility index (Phi) is 7.32. The van der Waals surface area contributed by atoms with E-state index in [4.69, 9.17) is 11.6 Å². The van der Waals surface area contributed by atoms with E-state index in [1.807, 2.05) is 13.8 Å². The third kappa shape index (κ3) is 5.42. The van der Waals surface area contributed by atoms with E-state index < -0.39 is 16.1 Å². The molecule has 5 nitrogen and oxygen atoms in total. The molecule has 1 amide bonds. The molecule has 0 aliphatic heterocycles. The molecule has 2 aromatic rings. The number of aryl methyl sites for hydroxylation is 3. The molecule has 7 heteroatoms. The van der Waals surface area contributed by atoms with Crippen molar-refractivity contribution < 1.29 is 13.2 Å². The first-order valence-corrected chi connectivity index (χ1v) is 13.0. The van der Waals surface area contributed by atoms with Crippen molar-refractivity contribution in [3.8, 4) is 0 Å². The van der Waals surface area contributed by atoms with Crippen LogP contribution in [0.5, 0.6) is 0 Å². The maximum Gasteiger partial charge on any atom is 0.244 e. The minimum Gasteiger partial charge on any atom is -0.347 e. The molecule has 0 spiro atoms. The Labute approximate surface area is 190 Å². The van der Waals surface area contributed by atoms with Crippen molar-refractivity contribution in [3.63, 3.8) is 0 Å². The van der Waals surface area contributed by atoms with Crippen molar-refractivity contribution in [2.24, 2.45) is 0 Å². The van der Waals surface area contributed by atoms with Crippen LogP contribution in [0.4, 0.5) is 5.69 Å². The molecule has 31 heavy (non-hydrogen) atoms. The van der Waals surface area contributed by atoms with Gasteiger partial charge in [-0.3, -0.25) is 9.10 Å². The van der Waals surface area contributed by atoms with Crippen LogP contribution in [0.15, 0.2) is 36.4 Å². The Morgan fingerprint density at radius 1 is 1.13 bits per heavy atom. The Morgan fingerprint density at radius 3 is 2.42 bits per heavy atom. The monoisotopic (exact) mass is 462 g/mol. The molecule has 0 radical (unpaired) electrons. The van der Waals surface area contributed by atoms with Crippen LogP contribution in [0.2, 0.25) is 5.02 Å². The molecule has 0 saturated carbocycles. The second-order valence-electron chi connectivity index (χ2n) is 8.37. The number of hydrogen-bond acceptors (Lipinski definition) is 3. The Morgan fingerprint density at radius 2 is 1.81 bits per heavy atom. The van der Waals surface area contributed by atoms with Crippen LogP contribution in [0, 0.1) is 6.92 Å². The lowest BCUT2D eigenvalue weighted by atomic mass is 9.88. The van der Waals surface area contributed by atoms with Crippen molar-refractivity contribution in [3.05, 3.63) is 63.7 Å². The second-order valence-corrected chi connectivity index (χ2v) is 10.6. The first-order valence-electron chi connectivity index (χ1n) is 10.8. The number of rotatable bonds is 7. The van der Waals surface area contributed by atoms with Gasteiger partial charge >= 0.3 is 0 Å². The average Bonchev–Trinajstić information content (AvgIpc) is 2.73. The van der Waals surface area contributed by atoms with Gasteiger partial charge in [0.05, 0.1) is 18.0 Å². The number of benzene rings is 2. The number of carbonyl (C=O) groups is 1. The van der Waals surface area contributed by atoms with Gasteiger partial charge in [-0.1, -0.05) is 42.8 Å². The fourth-order valence-corrected chi connectivity index (χ4v) is 5.55. The molecule has 1 N–H and O–H groups in total. The Bertz CT molecular complexity index is 1070. The van der Waals surface area contributed by atoms with Gasteiger partial charge in [0.25, 0.3) is 0 Å². The van der Waals surface area contributed by atoms with Gasteiger partial charge in [0, 0.05) is 5.02 Å². The van der Waals surface area contributed by atoms with Crippen molar-refractivity contribution >= 4 is 33.2 Å². The summed E-state index contributed by atoms with van der Waals surface area (Å²) in [5.74, 6) is -0.341. The summed E-state index contributed by atoms with van der Waals surface area (Å²) >= 11 is 6.22. The van der Waals surface area contributed by atoms with Gasteiger partial charge in [0.2, 0.25) is 15.9 Å². The normalized spacial score (nSPS) is 15.6.